The lowest BCUT2D eigenvalue weighted by molar-refractivity contribution is -0.164. The number of methoxy groups -OCH3 is 2. The Morgan fingerprint density at radius 2 is 2.12 bits per heavy atom. The highest BCUT2D eigenvalue weighted by atomic mass is 16.6. The Bertz CT molecular complexity index is 415. The van der Waals surface area contributed by atoms with Gasteiger partial charge in [-0.15, -0.1) is 0 Å². The first-order chi connectivity index (χ1) is 8.08. The molecule has 7 heteroatoms. The fourth-order valence-corrected chi connectivity index (χ4v) is 1.80. The van der Waals surface area contributed by atoms with Crippen LogP contribution in [0.25, 0.3) is 0 Å². The lowest BCUT2D eigenvalue weighted by Crippen LogP contribution is -2.55. The lowest BCUT2D eigenvalue weighted by atomic mass is 10.1. The molecule has 0 saturated carbocycles. The van der Waals surface area contributed by atoms with Gasteiger partial charge in [-0.25, -0.2) is 9.59 Å². The van der Waals surface area contributed by atoms with Crippen LogP contribution in [0.15, 0.2) is 11.8 Å². The highest BCUT2D eigenvalue weighted by molar-refractivity contribution is 5.93. The number of rotatable bonds is 2. The number of carbonyl (C=O) groups excluding carboxylic acids is 3. The third-order valence-electron chi connectivity index (χ3n) is 2.65. The highest BCUT2D eigenvalue weighted by Crippen LogP contribution is 2.36. The number of hydrogen-bond acceptors (Lipinski definition) is 6. The van der Waals surface area contributed by atoms with Crippen LogP contribution in [0.4, 0.5) is 0 Å². The summed E-state index contributed by atoms with van der Waals surface area (Å²) in [5.41, 5.74) is 0. The fraction of sp³-hybridized carbons (Fsp3) is 0.500. The molecule has 0 aliphatic carbocycles. The summed E-state index contributed by atoms with van der Waals surface area (Å²) in [6.45, 7) is 0. The van der Waals surface area contributed by atoms with E-state index in [1.807, 2.05) is 0 Å². The van der Waals surface area contributed by atoms with Crippen LogP contribution in [0.2, 0.25) is 0 Å². The summed E-state index contributed by atoms with van der Waals surface area (Å²) < 4.78 is 14.3. The van der Waals surface area contributed by atoms with Gasteiger partial charge < -0.3 is 14.2 Å². The summed E-state index contributed by atoms with van der Waals surface area (Å²) in [5.74, 6) is -1.42. The first-order valence-corrected chi connectivity index (χ1v) is 4.93. The molecule has 92 valence electrons. The van der Waals surface area contributed by atoms with Gasteiger partial charge in [-0.3, -0.25) is 9.69 Å². The summed E-state index contributed by atoms with van der Waals surface area (Å²) in [4.78, 5) is 35.2. The van der Waals surface area contributed by atoms with E-state index in [2.05, 4.69) is 9.47 Å². The first-order valence-electron chi connectivity index (χ1n) is 4.93. The van der Waals surface area contributed by atoms with Crippen LogP contribution >= 0.6 is 0 Å². The molecule has 0 aromatic rings. The number of β-lactam (4-membered cyclic amide) rings is 1. The standard InChI is InChI=1S/C10H11NO6/c1-15-8(13)3-5-9(10(14)16-2)11-6(12)4-7(11)17-5/h3,7,9H,4H2,1-2H3/b5-3-. The van der Waals surface area contributed by atoms with Crippen molar-refractivity contribution in [1.29, 1.82) is 0 Å². The minimum absolute atomic E-state index is 0.0829. The molecule has 2 heterocycles. The average Bonchev–Trinajstić information content (AvgIpc) is 2.60. The van der Waals surface area contributed by atoms with Crippen LogP contribution in [-0.4, -0.2) is 49.2 Å². The topological polar surface area (TPSA) is 82.1 Å². The Balaban J connectivity index is 2.27. The van der Waals surface area contributed by atoms with E-state index in [4.69, 9.17) is 4.74 Å². The minimum Gasteiger partial charge on any atom is -0.471 e. The van der Waals surface area contributed by atoms with E-state index < -0.39 is 24.2 Å². The molecule has 2 saturated heterocycles. The molecule has 17 heavy (non-hydrogen) atoms. The van der Waals surface area contributed by atoms with Crippen LogP contribution in [0.1, 0.15) is 6.42 Å². The number of amides is 1. The fourth-order valence-electron chi connectivity index (χ4n) is 1.80. The van der Waals surface area contributed by atoms with E-state index in [1.165, 1.54) is 19.1 Å². The summed E-state index contributed by atoms with van der Waals surface area (Å²) in [5, 5.41) is 0. The lowest BCUT2D eigenvalue weighted by Gasteiger charge is -2.33. The van der Waals surface area contributed by atoms with Crippen LogP contribution in [-0.2, 0) is 28.6 Å². The van der Waals surface area contributed by atoms with E-state index in [9.17, 15) is 14.4 Å². The van der Waals surface area contributed by atoms with E-state index in [1.54, 1.807) is 0 Å². The maximum absolute atomic E-state index is 11.5. The van der Waals surface area contributed by atoms with Crippen LogP contribution in [0.5, 0.6) is 0 Å². The van der Waals surface area contributed by atoms with Gasteiger partial charge in [0, 0.05) is 0 Å². The Labute approximate surface area is 96.9 Å². The molecule has 0 aromatic heterocycles. The van der Waals surface area contributed by atoms with Crippen LogP contribution < -0.4 is 0 Å². The van der Waals surface area contributed by atoms with E-state index in [-0.39, 0.29) is 18.1 Å². The molecule has 0 N–H and O–H groups in total. The Morgan fingerprint density at radius 3 is 2.65 bits per heavy atom. The molecule has 2 rings (SSSR count). The summed E-state index contributed by atoms with van der Waals surface area (Å²) in [6, 6.07) is -0.981. The summed E-state index contributed by atoms with van der Waals surface area (Å²) in [7, 11) is 2.41. The SMILES string of the molecule is COC(=O)/C=C1\OC2CC(=O)N2C1C(=O)OC. The molecule has 0 aromatic carbocycles. The number of carbonyl (C=O) groups is 3. The van der Waals surface area contributed by atoms with Crippen molar-refractivity contribution < 1.29 is 28.6 Å². The number of fused-ring (bicyclic) bond motifs is 1. The quantitative estimate of drug-likeness (QED) is 0.356. The molecule has 0 bridgehead atoms. The smallest absolute Gasteiger partial charge is 0.336 e. The zero-order valence-corrected chi connectivity index (χ0v) is 9.34. The average molecular weight is 241 g/mol. The second-order valence-corrected chi connectivity index (χ2v) is 3.57. The predicted octanol–water partition coefficient (Wildman–Crippen LogP) is -0.826. The molecule has 2 fully saturated rings. The molecular weight excluding hydrogens is 230 g/mol. The van der Waals surface area contributed by atoms with Gasteiger partial charge >= 0.3 is 11.9 Å². The van der Waals surface area contributed by atoms with Gasteiger partial charge in [-0.05, 0) is 0 Å². The van der Waals surface area contributed by atoms with Crippen molar-refractivity contribution in [3.05, 3.63) is 11.8 Å². The Kier molecular flexibility index (Phi) is 2.74. The van der Waals surface area contributed by atoms with Gasteiger partial charge in [0.15, 0.2) is 12.3 Å². The van der Waals surface area contributed by atoms with Crippen LogP contribution in [0.3, 0.4) is 0 Å². The van der Waals surface area contributed by atoms with E-state index in [0.29, 0.717) is 0 Å². The van der Waals surface area contributed by atoms with Crippen molar-refractivity contribution in [2.75, 3.05) is 14.2 Å². The molecule has 0 spiro atoms. The molecule has 1 amide bonds. The Hall–Kier alpha value is -2.05. The third kappa shape index (κ3) is 1.73. The number of nitrogens with zero attached hydrogens (tertiary/aromatic N) is 1. The molecule has 0 radical (unpaired) electrons. The van der Waals surface area contributed by atoms with Gasteiger partial charge in [0.05, 0.1) is 26.7 Å². The summed E-state index contributed by atoms with van der Waals surface area (Å²) in [6.07, 6.45) is 0.765. The van der Waals surface area contributed by atoms with Gasteiger partial charge in [-0.2, -0.15) is 0 Å². The monoisotopic (exact) mass is 241 g/mol. The Morgan fingerprint density at radius 1 is 1.41 bits per heavy atom. The highest BCUT2D eigenvalue weighted by Gasteiger charge is 2.54. The van der Waals surface area contributed by atoms with Gasteiger partial charge in [0.25, 0.3) is 0 Å². The van der Waals surface area contributed by atoms with E-state index in [0.717, 1.165) is 6.08 Å². The molecular formula is C10H11NO6. The summed E-state index contributed by atoms with van der Waals surface area (Å²) >= 11 is 0. The first kappa shape index (κ1) is 11.4. The van der Waals surface area contributed by atoms with Gasteiger partial charge in [-0.1, -0.05) is 0 Å². The maximum atomic E-state index is 11.5. The van der Waals surface area contributed by atoms with Crippen molar-refractivity contribution in [2.24, 2.45) is 0 Å². The minimum atomic E-state index is -0.981. The van der Waals surface area contributed by atoms with Crippen molar-refractivity contribution in [1.82, 2.24) is 4.90 Å². The van der Waals surface area contributed by atoms with Gasteiger partial charge in [0.1, 0.15) is 5.76 Å². The van der Waals surface area contributed by atoms with Crippen molar-refractivity contribution in [3.8, 4) is 0 Å². The van der Waals surface area contributed by atoms with E-state index >= 15 is 0 Å². The molecule has 2 unspecified atom stereocenters. The van der Waals surface area contributed by atoms with Crippen molar-refractivity contribution in [2.45, 2.75) is 18.7 Å². The largest absolute Gasteiger partial charge is 0.471 e. The number of ether oxygens (including phenoxy) is 3. The van der Waals surface area contributed by atoms with Crippen LogP contribution in [0, 0.1) is 0 Å². The zero-order valence-electron chi connectivity index (χ0n) is 9.34. The van der Waals surface area contributed by atoms with Gasteiger partial charge in [0.2, 0.25) is 5.91 Å². The zero-order chi connectivity index (χ0) is 12.6. The number of esters is 2. The molecule has 2 aliphatic heterocycles. The van der Waals surface area contributed by atoms with Crippen molar-refractivity contribution in [3.63, 3.8) is 0 Å². The molecule has 2 aliphatic rings. The predicted molar refractivity (Wildman–Crippen MR) is 52.2 cm³/mol. The van der Waals surface area contributed by atoms with Crippen molar-refractivity contribution >= 4 is 17.8 Å². The number of hydrogen-bond donors (Lipinski definition) is 0. The third-order valence-corrected chi connectivity index (χ3v) is 2.65. The molecule has 7 nitrogen and oxygen atoms in total. The normalized spacial score (nSPS) is 28.2. The maximum Gasteiger partial charge on any atom is 0.336 e. The second-order valence-electron chi connectivity index (χ2n) is 3.57. The molecule has 2 atom stereocenters. The second kappa shape index (κ2) is 4.08.